The molecule has 0 aliphatic carbocycles. The second kappa shape index (κ2) is 6.30. The van der Waals surface area contributed by atoms with Gasteiger partial charge in [0.2, 0.25) is 0 Å². The molecule has 1 radical (unpaired) electrons. The van der Waals surface area contributed by atoms with Crippen molar-refractivity contribution < 1.29 is 55.3 Å². The van der Waals surface area contributed by atoms with Crippen LogP contribution in [0.3, 0.4) is 0 Å². The van der Waals surface area contributed by atoms with Crippen molar-refractivity contribution in [3.63, 3.8) is 0 Å². The molecular formula is H7BiO4TaTi. The zero-order valence-corrected chi connectivity index (χ0v) is 13.7. The van der Waals surface area contributed by atoms with Gasteiger partial charge in [-0.25, -0.2) is 0 Å². The third-order valence-corrected chi connectivity index (χ3v) is 0. The van der Waals surface area contributed by atoms with Gasteiger partial charge >= 0.3 is 59.1 Å². The second-order valence-electron chi connectivity index (χ2n) is 0.600. The fourth-order valence-corrected chi connectivity index (χ4v) is 0. The number of hydrogen-bond donors (Lipinski definition) is 4. The summed E-state index contributed by atoms with van der Waals surface area (Å²) in [6.07, 6.45) is 0. The van der Waals surface area contributed by atoms with Gasteiger partial charge in [0.25, 0.3) is 0 Å². The van der Waals surface area contributed by atoms with Gasteiger partial charge in [0.05, 0.1) is 0 Å². The van der Waals surface area contributed by atoms with E-state index in [2.05, 4.69) is 0 Å². The Labute approximate surface area is 80.5 Å². The molecule has 0 aromatic carbocycles. The van der Waals surface area contributed by atoms with Crippen LogP contribution in [0.2, 0.25) is 0 Å². The van der Waals surface area contributed by atoms with E-state index in [1.165, 1.54) is 0 Å². The average Bonchev–Trinajstić information content (AvgIpc) is 0.722. The van der Waals surface area contributed by atoms with Crippen molar-refractivity contribution in [1.82, 2.24) is 0 Å². The van der Waals surface area contributed by atoms with Crippen molar-refractivity contribution in [3.05, 3.63) is 0 Å². The normalized spacial score (nSPS) is 8.57. The maximum Gasteiger partial charge on any atom is 0 e. The summed E-state index contributed by atoms with van der Waals surface area (Å²) >= 11 is -5.00. The van der Waals surface area contributed by atoms with E-state index in [1.807, 2.05) is 0 Å². The Balaban J connectivity index is -0.0000000800. The molecule has 0 aromatic rings. The molecule has 0 saturated carbocycles. The molecule has 0 aromatic heterocycles. The summed E-state index contributed by atoms with van der Waals surface area (Å²) in [5.74, 6) is 0. The fraction of sp³-hybridized carbons (Fsp3) is 0. The zero-order valence-electron chi connectivity index (χ0n) is 3.44. The van der Waals surface area contributed by atoms with Crippen LogP contribution in [-0.4, -0.2) is 41.0 Å². The zero-order chi connectivity index (χ0) is 4.50. The van der Waals surface area contributed by atoms with Gasteiger partial charge in [-0.05, 0) is 0 Å². The Morgan fingerprint density at radius 1 is 0.857 bits per heavy atom. The van der Waals surface area contributed by atoms with Crippen LogP contribution in [0.15, 0.2) is 0 Å². The minimum absolute atomic E-state index is 0. The molecule has 0 aliphatic heterocycles. The Morgan fingerprint density at radius 3 is 0.857 bits per heavy atom. The van der Waals surface area contributed by atoms with Gasteiger partial charge < -0.3 is 0 Å². The van der Waals surface area contributed by atoms with E-state index in [1.54, 1.807) is 0 Å². The molecular weight excluding hydrogens is 502 g/mol. The summed E-state index contributed by atoms with van der Waals surface area (Å²) < 4.78 is 29.5. The van der Waals surface area contributed by atoms with E-state index < -0.39 is 18.1 Å². The summed E-state index contributed by atoms with van der Waals surface area (Å²) in [5.41, 5.74) is 0. The summed E-state index contributed by atoms with van der Waals surface area (Å²) in [4.78, 5) is 0. The summed E-state index contributed by atoms with van der Waals surface area (Å²) in [7, 11) is 0. The monoisotopic (exact) mass is 509 g/mol. The molecule has 0 saturated heterocycles. The topological polar surface area (TPSA) is 80.9 Å². The molecule has 0 atom stereocenters. The SMILES string of the molecule is [BiH3].[OH][Ti]([OH])([OH])[OH].[Ta]. The molecule has 0 aliphatic rings. The number of rotatable bonds is 0. The summed E-state index contributed by atoms with van der Waals surface area (Å²) in [6, 6.07) is 0. The minimum Gasteiger partial charge on any atom is 0 e. The molecule has 0 rings (SSSR count). The second-order valence-corrected chi connectivity index (χ2v) is 2.47. The van der Waals surface area contributed by atoms with Gasteiger partial charge in [-0.15, -0.1) is 0 Å². The molecule has 4 nitrogen and oxygen atoms in total. The molecule has 45 valence electrons. The van der Waals surface area contributed by atoms with Crippen molar-refractivity contribution in [3.8, 4) is 0 Å². The predicted molar refractivity (Wildman–Crippen MR) is 18.8 cm³/mol. The van der Waals surface area contributed by atoms with E-state index in [-0.39, 0.29) is 48.6 Å². The smallest absolute Gasteiger partial charge is 0 e. The van der Waals surface area contributed by atoms with Crippen molar-refractivity contribution in [2.24, 2.45) is 0 Å². The standard InChI is InChI=1S/Bi.4H2O.Ta.Ti.3H/h;4*1H2;;;;;/q;;;;;;+4;;;/p-4. The van der Waals surface area contributed by atoms with Gasteiger partial charge in [0.1, 0.15) is 0 Å². The first kappa shape index (κ1) is 16.1. The third kappa shape index (κ3) is 65.8. The molecule has 0 spiro atoms. The minimum atomic E-state index is -5.00. The van der Waals surface area contributed by atoms with E-state index in [0.717, 1.165) is 0 Å². The molecule has 0 amide bonds. The van der Waals surface area contributed by atoms with Crippen molar-refractivity contribution in [1.29, 1.82) is 0 Å². The van der Waals surface area contributed by atoms with Gasteiger partial charge in [0, 0.05) is 22.4 Å². The third-order valence-electron chi connectivity index (χ3n) is 0. The molecule has 4 N–H and O–H groups in total. The summed E-state index contributed by atoms with van der Waals surface area (Å²) in [6.45, 7) is 0. The summed E-state index contributed by atoms with van der Waals surface area (Å²) in [5, 5.41) is 0. The Morgan fingerprint density at radius 2 is 0.857 bits per heavy atom. The van der Waals surface area contributed by atoms with Crippen LogP contribution in [0, 0.1) is 0 Å². The molecule has 0 bridgehead atoms. The van der Waals surface area contributed by atoms with Gasteiger partial charge in [-0.1, -0.05) is 0 Å². The fourth-order valence-electron chi connectivity index (χ4n) is 0. The molecule has 0 fully saturated rings. The van der Waals surface area contributed by atoms with Gasteiger partial charge in [-0.3, -0.25) is 0 Å². The largest absolute Gasteiger partial charge is 0 e. The maximum atomic E-state index is 7.38. The number of hydrogen-bond acceptors (Lipinski definition) is 4. The van der Waals surface area contributed by atoms with Crippen molar-refractivity contribution in [2.75, 3.05) is 0 Å². The van der Waals surface area contributed by atoms with Crippen LogP contribution >= 0.6 is 0 Å². The Hall–Kier alpha value is 2.18. The van der Waals surface area contributed by atoms with E-state index >= 15 is 0 Å². The van der Waals surface area contributed by atoms with Crippen molar-refractivity contribution >= 4 is 26.2 Å². The molecule has 7 heavy (non-hydrogen) atoms. The Kier molecular flexibility index (Phi) is 14.5. The van der Waals surface area contributed by atoms with E-state index in [4.69, 9.17) is 14.8 Å². The van der Waals surface area contributed by atoms with Gasteiger partial charge in [-0.2, -0.15) is 0 Å². The molecule has 0 unspecified atom stereocenters. The molecule has 7 heteroatoms. The van der Waals surface area contributed by atoms with E-state index in [9.17, 15) is 0 Å². The van der Waals surface area contributed by atoms with Crippen LogP contribution in [0.25, 0.3) is 0 Å². The first-order valence-electron chi connectivity index (χ1n) is 0.894. The first-order chi connectivity index (χ1) is 2.00. The Bertz CT molecular complexity index is 27.2. The van der Waals surface area contributed by atoms with Crippen molar-refractivity contribution in [2.45, 2.75) is 0 Å². The van der Waals surface area contributed by atoms with Crippen LogP contribution in [0.4, 0.5) is 0 Å². The van der Waals surface area contributed by atoms with Gasteiger partial charge in [0.15, 0.2) is 0 Å². The molecule has 0 heterocycles. The predicted octanol–water partition coefficient (Wildman–Crippen LogP) is -3.42. The van der Waals surface area contributed by atoms with E-state index in [0.29, 0.717) is 0 Å². The first-order valence-corrected chi connectivity index (χ1v) is 3.69. The average molecular weight is 509 g/mol. The van der Waals surface area contributed by atoms with Crippen LogP contribution < -0.4 is 0 Å². The van der Waals surface area contributed by atoms with Crippen LogP contribution in [-0.2, 0) is 40.5 Å². The maximum absolute atomic E-state index is 7.38. The quantitative estimate of drug-likeness (QED) is 0.257. The van der Waals surface area contributed by atoms with Crippen LogP contribution in [0.5, 0.6) is 0 Å². The van der Waals surface area contributed by atoms with Crippen LogP contribution in [0.1, 0.15) is 0 Å².